The van der Waals surface area contributed by atoms with Crippen molar-refractivity contribution >= 4 is 130 Å². The number of aromatic nitrogens is 8. The van der Waals surface area contributed by atoms with Crippen LogP contribution in [0.5, 0.6) is 0 Å². The van der Waals surface area contributed by atoms with Crippen molar-refractivity contribution in [2.45, 2.75) is 0 Å². The summed E-state index contributed by atoms with van der Waals surface area (Å²) < 4.78 is 0. The van der Waals surface area contributed by atoms with Crippen LogP contribution in [0.4, 0.5) is 0 Å². The number of hydrogen-bond donors (Lipinski definition) is 0. The quantitative estimate of drug-likeness (QED) is 0.125. The van der Waals surface area contributed by atoms with Crippen molar-refractivity contribution < 1.29 is 0 Å². The summed E-state index contributed by atoms with van der Waals surface area (Å²) in [5, 5.41) is 25.7. The first kappa shape index (κ1) is 69.4. The molecule has 0 fully saturated rings. The van der Waals surface area contributed by atoms with E-state index in [2.05, 4.69) is 413 Å². The van der Waals surface area contributed by atoms with Gasteiger partial charge in [-0.2, -0.15) is 0 Å². The highest BCUT2D eigenvalue weighted by Gasteiger charge is 2.23. The summed E-state index contributed by atoms with van der Waals surface area (Å²) >= 11 is 0. The molecule has 0 amide bonds. The summed E-state index contributed by atoms with van der Waals surface area (Å²) in [6.45, 7) is 0. The zero-order chi connectivity index (χ0) is 79.1. The third-order valence-electron chi connectivity index (χ3n) is 23.8. The highest BCUT2D eigenvalue weighted by atomic mass is 15.0. The third kappa shape index (κ3) is 12.2. The van der Waals surface area contributed by atoms with Gasteiger partial charge in [0, 0.05) is 76.8 Å². The molecule has 0 unspecified atom stereocenters. The van der Waals surface area contributed by atoms with Crippen LogP contribution in [0.25, 0.3) is 243 Å². The van der Waals surface area contributed by atoms with Gasteiger partial charge in [0.15, 0.2) is 34.9 Å². The summed E-state index contributed by atoms with van der Waals surface area (Å²) in [6, 6.07) is 146. The van der Waals surface area contributed by atoms with E-state index in [9.17, 15) is 0 Å². The monoisotopic (exact) mass is 1520 g/mol. The predicted octanol–water partition coefficient (Wildman–Crippen LogP) is 29.0. The molecule has 0 bridgehead atoms. The minimum Gasteiger partial charge on any atom is -0.247 e. The standard InChI is InChI=1S/C60H36N4.C52H32N4/c1-6-21-46-38(14-1)32-33-52-56(46)51-26-11-12-27-55(51)61-57(52)43-18-13-17-40(34-43)37-28-30-39(31-29-37)58-62-59(53-35-41-15-2-4-19-44(41)47-22-7-9-24-49(47)53)64-60(63-58)54-36-42-16-3-5-20-45(42)48-23-8-10-25-50(48)54;1-4-19-40-34(12-1)15-10-23-43(40)51-54-50(55-52(56-51)44-24-11-16-35-13-2-5-20-41(35)44)37-28-26-33(27-29-37)38-17-9-18-39(32-38)49-46-31-30-36-14-3-6-21-42(36)48(46)45-22-7-8-25-47(45)53-49/h1-36H;1-32H. The van der Waals surface area contributed by atoms with Gasteiger partial charge in [-0.3, -0.25) is 0 Å². The van der Waals surface area contributed by atoms with Gasteiger partial charge in [0.25, 0.3) is 0 Å². The SMILES string of the molecule is c1cc(-c2ccc(-c3nc(-c4cc5ccccc5c5ccccc45)nc(-c4cc5ccccc5c5ccccc45)n3)cc2)cc(-c2nc3ccccc3c3c2ccc2ccccc23)c1.c1cc(-c2ccc(-c3nc(-c4cccc5ccccc45)nc(-c4cccc5ccccc45)n3)cc2)cc(-c2nc3ccccc3c3c2ccc2ccccc23)c1. The van der Waals surface area contributed by atoms with E-state index in [4.69, 9.17) is 39.9 Å². The van der Waals surface area contributed by atoms with Gasteiger partial charge in [-0.05, 0) is 145 Å². The molecule has 8 heteroatoms. The molecule has 0 atom stereocenters. The lowest BCUT2D eigenvalue weighted by Gasteiger charge is -2.14. The lowest BCUT2D eigenvalue weighted by atomic mass is 9.94. The molecular formula is C112H68N8. The largest absolute Gasteiger partial charge is 0.247 e. The number of pyridine rings is 2. The maximum Gasteiger partial charge on any atom is 0.164 e. The second-order valence-corrected chi connectivity index (χ2v) is 30.7. The number of benzene rings is 20. The van der Waals surface area contributed by atoms with E-state index in [0.29, 0.717) is 34.9 Å². The average molecular weight is 1530 g/mol. The van der Waals surface area contributed by atoms with Gasteiger partial charge in [-0.1, -0.05) is 376 Å². The molecule has 0 radical (unpaired) electrons. The summed E-state index contributed by atoms with van der Waals surface area (Å²) in [4.78, 5) is 41.9. The second kappa shape index (κ2) is 29.0. The molecule has 0 aliphatic heterocycles. The van der Waals surface area contributed by atoms with Crippen LogP contribution in [0, 0.1) is 0 Å². The average Bonchev–Trinajstić information content (AvgIpc) is 0.747. The zero-order valence-corrected chi connectivity index (χ0v) is 64.8. The van der Waals surface area contributed by atoms with Gasteiger partial charge >= 0.3 is 0 Å². The van der Waals surface area contributed by atoms with E-state index in [1.165, 1.54) is 59.2 Å². The van der Waals surface area contributed by atoms with Gasteiger partial charge in [0.1, 0.15) is 0 Å². The molecule has 24 aromatic rings. The van der Waals surface area contributed by atoms with E-state index < -0.39 is 0 Å². The van der Waals surface area contributed by atoms with Crippen molar-refractivity contribution in [2.75, 3.05) is 0 Å². The molecular weight excluding hydrogens is 1460 g/mol. The Morgan fingerprint density at radius 2 is 0.408 bits per heavy atom. The Labute approximate surface area is 690 Å². The fourth-order valence-corrected chi connectivity index (χ4v) is 18.0. The van der Waals surface area contributed by atoms with E-state index in [0.717, 1.165) is 148 Å². The van der Waals surface area contributed by atoms with Crippen LogP contribution in [0.3, 0.4) is 0 Å². The van der Waals surface area contributed by atoms with Crippen molar-refractivity contribution in [3.05, 3.63) is 413 Å². The van der Waals surface area contributed by atoms with Crippen LogP contribution in [-0.4, -0.2) is 39.9 Å². The lowest BCUT2D eigenvalue weighted by Crippen LogP contribution is -2.01. The van der Waals surface area contributed by atoms with Crippen LogP contribution >= 0.6 is 0 Å². The molecule has 4 aromatic heterocycles. The fourth-order valence-electron chi connectivity index (χ4n) is 18.0. The van der Waals surface area contributed by atoms with Gasteiger partial charge in [0.2, 0.25) is 0 Å². The Balaban J connectivity index is 0.000000141. The third-order valence-corrected chi connectivity index (χ3v) is 23.8. The number of fused-ring (bicyclic) bond motifs is 18. The molecule has 120 heavy (non-hydrogen) atoms. The summed E-state index contributed by atoms with van der Waals surface area (Å²) in [6.07, 6.45) is 0. The van der Waals surface area contributed by atoms with Gasteiger partial charge < -0.3 is 0 Å². The number of nitrogens with zero attached hydrogens (tertiary/aromatic N) is 8. The number of para-hydroxylation sites is 2. The molecule has 24 rings (SSSR count). The minimum atomic E-state index is 0.619. The van der Waals surface area contributed by atoms with Gasteiger partial charge in [0.05, 0.1) is 22.4 Å². The topological polar surface area (TPSA) is 103 Å². The first-order chi connectivity index (χ1) is 59.5. The van der Waals surface area contributed by atoms with Crippen LogP contribution < -0.4 is 0 Å². The highest BCUT2D eigenvalue weighted by Crippen LogP contribution is 2.44. The number of hydrogen-bond acceptors (Lipinski definition) is 8. The van der Waals surface area contributed by atoms with Crippen LogP contribution in [0.15, 0.2) is 413 Å². The Bertz CT molecular complexity index is 8030. The summed E-state index contributed by atoms with van der Waals surface area (Å²) in [5.41, 5.74) is 16.2. The molecule has 0 saturated carbocycles. The Kier molecular flexibility index (Phi) is 16.7. The molecule has 4 heterocycles. The molecule has 0 saturated heterocycles. The van der Waals surface area contributed by atoms with Crippen molar-refractivity contribution in [1.82, 2.24) is 39.9 Å². The molecule has 0 aliphatic rings. The van der Waals surface area contributed by atoms with Gasteiger partial charge in [-0.15, -0.1) is 0 Å². The fraction of sp³-hybridized carbons (Fsp3) is 0. The van der Waals surface area contributed by atoms with Gasteiger partial charge in [-0.25, -0.2) is 39.9 Å². The predicted molar refractivity (Wildman–Crippen MR) is 500 cm³/mol. The Morgan fingerprint density at radius 1 is 0.125 bits per heavy atom. The smallest absolute Gasteiger partial charge is 0.164 e. The molecule has 0 N–H and O–H groups in total. The zero-order valence-electron chi connectivity index (χ0n) is 64.8. The summed E-state index contributed by atoms with van der Waals surface area (Å²) in [5.74, 6) is 3.82. The van der Waals surface area contributed by atoms with Crippen molar-refractivity contribution in [3.63, 3.8) is 0 Å². The van der Waals surface area contributed by atoms with Crippen LogP contribution in [0.1, 0.15) is 0 Å². The Hall–Kier alpha value is -16.2. The Morgan fingerprint density at radius 3 is 0.817 bits per heavy atom. The lowest BCUT2D eigenvalue weighted by molar-refractivity contribution is 1.08. The first-order valence-electron chi connectivity index (χ1n) is 40.6. The highest BCUT2D eigenvalue weighted by molar-refractivity contribution is 6.24. The second-order valence-electron chi connectivity index (χ2n) is 30.7. The van der Waals surface area contributed by atoms with Crippen LogP contribution in [0.2, 0.25) is 0 Å². The van der Waals surface area contributed by atoms with E-state index in [-0.39, 0.29) is 0 Å². The maximum atomic E-state index is 5.35. The normalized spacial score (nSPS) is 11.7. The minimum absolute atomic E-state index is 0.619. The van der Waals surface area contributed by atoms with Crippen LogP contribution in [-0.2, 0) is 0 Å². The van der Waals surface area contributed by atoms with E-state index >= 15 is 0 Å². The maximum absolute atomic E-state index is 5.35. The van der Waals surface area contributed by atoms with Crippen molar-refractivity contribution in [3.8, 4) is 113 Å². The van der Waals surface area contributed by atoms with Crippen molar-refractivity contribution in [2.24, 2.45) is 0 Å². The number of rotatable bonds is 10. The molecule has 0 aliphatic carbocycles. The van der Waals surface area contributed by atoms with E-state index in [1.54, 1.807) is 0 Å². The van der Waals surface area contributed by atoms with E-state index in [1.807, 2.05) is 0 Å². The molecule has 8 nitrogen and oxygen atoms in total. The van der Waals surface area contributed by atoms with Crippen molar-refractivity contribution in [1.29, 1.82) is 0 Å². The first-order valence-corrected chi connectivity index (χ1v) is 40.6. The molecule has 20 aromatic carbocycles. The molecule has 0 spiro atoms. The molecule has 556 valence electrons. The summed E-state index contributed by atoms with van der Waals surface area (Å²) in [7, 11) is 0.